The molecule has 0 radical (unpaired) electrons. The third-order valence-electron chi connectivity index (χ3n) is 2.63. The van der Waals surface area contributed by atoms with Gasteiger partial charge in [-0.3, -0.25) is 0 Å². The number of ether oxygens (including phenoxy) is 1. The van der Waals surface area contributed by atoms with Crippen LogP contribution >= 0.6 is 23.2 Å². The maximum atomic E-state index is 9.20. The fraction of sp³-hybridized carbons (Fsp3) is 0.333. The van der Waals surface area contributed by atoms with Crippen molar-refractivity contribution in [3.63, 3.8) is 0 Å². The molecule has 0 aliphatic heterocycles. The van der Waals surface area contributed by atoms with Crippen LogP contribution in [0.3, 0.4) is 0 Å². The van der Waals surface area contributed by atoms with Gasteiger partial charge in [-0.2, -0.15) is 0 Å². The summed E-state index contributed by atoms with van der Waals surface area (Å²) in [7, 11) is 0. The van der Waals surface area contributed by atoms with E-state index >= 15 is 0 Å². The van der Waals surface area contributed by atoms with E-state index in [1.54, 1.807) is 22.9 Å². The third kappa shape index (κ3) is 3.18. The highest BCUT2D eigenvalue weighted by Crippen LogP contribution is 2.28. The van der Waals surface area contributed by atoms with Crippen LogP contribution in [-0.2, 0) is 19.8 Å². The summed E-state index contributed by atoms with van der Waals surface area (Å²) in [6.07, 6.45) is 0. The van der Waals surface area contributed by atoms with Crippen molar-refractivity contribution in [1.82, 2.24) is 15.0 Å². The summed E-state index contributed by atoms with van der Waals surface area (Å²) in [6, 6.07) is 5.01. The molecule has 102 valence electrons. The molecule has 0 saturated heterocycles. The molecule has 2 rings (SSSR count). The van der Waals surface area contributed by atoms with Gasteiger partial charge in [-0.25, -0.2) is 4.68 Å². The molecule has 1 heterocycles. The van der Waals surface area contributed by atoms with Gasteiger partial charge >= 0.3 is 0 Å². The zero-order valence-electron chi connectivity index (χ0n) is 10.3. The maximum Gasteiger partial charge on any atom is 0.138 e. The van der Waals surface area contributed by atoms with E-state index in [1.165, 1.54) is 0 Å². The Balaban J connectivity index is 2.16. The molecule has 0 saturated carbocycles. The van der Waals surface area contributed by atoms with E-state index < -0.39 is 0 Å². The molecule has 1 aromatic carbocycles. The predicted octanol–water partition coefficient (Wildman–Crippen LogP) is 2.68. The minimum Gasteiger partial charge on any atom is -0.486 e. The van der Waals surface area contributed by atoms with Gasteiger partial charge in [0.2, 0.25) is 0 Å². The lowest BCUT2D eigenvalue weighted by Crippen LogP contribution is -2.08. The van der Waals surface area contributed by atoms with Crippen LogP contribution in [0, 0.1) is 0 Å². The standard InChI is InChI=1S/C12H13Cl2N3O2/c1-2-17-11(10(6-18)15-16-17)7-19-12-4-3-8(13)5-9(12)14/h3-5,18H,2,6-7H2,1H3. The number of aryl methyl sites for hydroxylation is 1. The fourth-order valence-electron chi connectivity index (χ4n) is 1.64. The minimum atomic E-state index is -0.174. The van der Waals surface area contributed by atoms with E-state index in [1.807, 2.05) is 6.92 Å². The molecule has 0 aliphatic rings. The van der Waals surface area contributed by atoms with E-state index in [9.17, 15) is 5.11 Å². The SMILES string of the molecule is CCn1nnc(CO)c1COc1ccc(Cl)cc1Cl. The van der Waals surface area contributed by atoms with E-state index in [4.69, 9.17) is 27.9 Å². The maximum absolute atomic E-state index is 9.20. The molecular formula is C12H13Cl2N3O2. The van der Waals surface area contributed by atoms with Crippen LogP contribution in [0.4, 0.5) is 0 Å². The van der Waals surface area contributed by atoms with Crippen LogP contribution in [0.1, 0.15) is 18.3 Å². The van der Waals surface area contributed by atoms with Crippen LogP contribution in [-0.4, -0.2) is 20.1 Å². The van der Waals surface area contributed by atoms with E-state index in [-0.39, 0.29) is 13.2 Å². The van der Waals surface area contributed by atoms with Crippen LogP contribution in [0.5, 0.6) is 5.75 Å². The summed E-state index contributed by atoms with van der Waals surface area (Å²) < 4.78 is 7.29. The Morgan fingerprint density at radius 3 is 2.79 bits per heavy atom. The van der Waals surface area contributed by atoms with Crippen molar-refractivity contribution >= 4 is 23.2 Å². The summed E-state index contributed by atoms with van der Waals surface area (Å²) in [5, 5.41) is 18.0. The number of hydrogen-bond donors (Lipinski definition) is 1. The van der Waals surface area contributed by atoms with Gasteiger partial charge in [-0.1, -0.05) is 28.4 Å². The van der Waals surface area contributed by atoms with Crippen molar-refractivity contribution in [2.45, 2.75) is 26.7 Å². The van der Waals surface area contributed by atoms with E-state index in [2.05, 4.69) is 10.3 Å². The number of aromatic nitrogens is 3. The summed E-state index contributed by atoms with van der Waals surface area (Å²) in [5.41, 5.74) is 1.24. The molecular weight excluding hydrogens is 289 g/mol. The molecule has 2 aromatic rings. The first-order chi connectivity index (χ1) is 9.15. The number of aliphatic hydroxyl groups is 1. The minimum absolute atomic E-state index is 0.174. The summed E-state index contributed by atoms with van der Waals surface area (Å²) in [6.45, 7) is 2.65. The predicted molar refractivity (Wildman–Crippen MR) is 72.4 cm³/mol. The Morgan fingerprint density at radius 1 is 1.37 bits per heavy atom. The average molecular weight is 302 g/mol. The Hall–Kier alpha value is -1.30. The highest BCUT2D eigenvalue weighted by atomic mass is 35.5. The molecule has 5 nitrogen and oxygen atoms in total. The second-order valence-corrected chi connectivity index (χ2v) is 4.66. The first-order valence-corrected chi connectivity index (χ1v) is 6.51. The number of aliphatic hydroxyl groups excluding tert-OH is 1. The van der Waals surface area contributed by atoms with Crippen molar-refractivity contribution < 1.29 is 9.84 Å². The second kappa shape index (κ2) is 6.23. The topological polar surface area (TPSA) is 60.2 Å². The second-order valence-electron chi connectivity index (χ2n) is 3.82. The van der Waals surface area contributed by atoms with E-state index in [0.29, 0.717) is 28.0 Å². The van der Waals surface area contributed by atoms with Crippen molar-refractivity contribution in [3.05, 3.63) is 39.6 Å². The monoisotopic (exact) mass is 301 g/mol. The Bertz CT molecular complexity index is 551. The third-order valence-corrected chi connectivity index (χ3v) is 3.16. The Labute approximate surface area is 120 Å². The van der Waals surface area contributed by atoms with Gasteiger partial charge in [0.15, 0.2) is 0 Å². The molecule has 0 aliphatic carbocycles. The molecule has 0 unspecified atom stereocenters. The molecule has 0 amide bonds. The Morgan fingerprint density at radius 2 is 2.16 bits per heavy atom. The van der Waals surface area contributed by atoms with Crippen molar-refractivity contribution in [1.29, 1.82) is 0 Å². The summed E-state index contributed by atoms with van der Waals surface area (Å²) >= 11 is 11.8. The lowest BCUT2D eigenvalue weighted by molar-refractivity contribution is 0.261. The van der Waals surface area contributed by atoms with Gasteiger partial charge in [0.1, 0.15) is 23.7 Å². The van der Waals surface area contributed by atoms with Gasteiger partial charge < -0.3 is 9.84 Å². The van der Waals surface area contributed by atoms with Crippen LogP contribution in [0.25, 0.3) is 0 Å². The molecule has 0 atom stereocenters. The van der Waals surface area contributed by atoms with Gasteiger partial charge in [0.05, 0.1) is 11.6 Å². The first kappa shape index (κ1) is 14.1. The molecule has 1 aromatic heterocycles. The van der Waals surface area contributed by atoms with Gasteiger partial charge in [-0.15, -0.1) is 5.10 Å². The van der Waals surface area contributed by atoms with Crippen LogP contribution < -0.4 is 4.74 Å². The van der Waals surface area contributed by atoms with Gasteiger partial charge in [-0.05, 0) is 25.1 Å². The lowest BCUT2D eigenvalue weighted by atomic mass is 10.3. The number of rotatable bonds is 5. The number of benzene rings is 1. The highest BCUT2D eigenvalue weighted by Gasteiger charge is 2.12. The average Bonchev–Trinajstić information content (AvgIpc) is 2.79. The molecule has 0 bridgehead atoms. The van der Waals surface area contributed by atoms with E-state index in [0.717, 1.165) is 5.69 Å². The molecule has 7 heteroatoms. The largest absolute Gasteiger partial charge is 0.486 e. The lowest BCUT2D eigenvalue weighted by Gasteiger charge is -2.09. The fourth-order valence-corrected chi connectivity index (χ4v) is 2.10. The number of nitrogens with zero attached hydrogens (tertiary/aromatic N) is 3. The highest BCUT2D eigenvalue weighted by molar-refractivity contribution is 6.35. The number of halogens is 2. The summed E-state index contributed by atoms with van der Waals surface area (Å²) in [4.78, 5) is 0. The number of hydrogen-bond acceptors (Lipinski definition) is 4. The van der Waals surface area contributed by atoms with Gasteiger partial charge in [0, 0.05) is 11.6 Å². The smallest absolute Gasteiger partial charge is 0.138 e. The van der Waals surface area contributed by atoms with Gasteiger partial charge in [0.25, 0.3) is 0 Å². The summed E-state index contributed by atoms with van der Waals surface area (Å²) in [5.74, 6) is 0.527. The van der Waals surface area contributed by atoms with Crippen molar-refractivity contribution in [3.8, 4) is 5.75 Å². The van der Waals surface area contributed by atoms with Crippen LogP contribution in [0.2, 0.25) is 10.0 Å². The Kier molecular flexibility index (Phi) is 4.63. The quantitative estimate of drug-likeness (QED) is 0.922. The molecule has 19 heavy (non-hydrogen) atoms. The van der Waals surface area contributed by atoms with Crippen LogP contribution in [0.15, 0.2) is 18.2 Å². The molecule has 0 fully saturated rings. The van der Waals surface area contributed by atoms with Crippen molar-refractivity contribution in [2.24, 2.45) is 0 Å². The normalized spacial score (nSPS) is 10.7. The molecule has 1 N–H and O–H groups in total. The first-order valence-electron chi connectivity index (χ1n) is 5.75. The zero-order chi connectivity index (χ0) is 13.8. The molecule has 0 spiro atoms. The zero-order valence-corrected chi connectivity index (χ0v) is 11.8. The van der Waals surface area contributed by atoms with Crippen molar-refractivity contribution in [2.75, 3.05) is 0 Å².